The van der Waals surface area contributed by atoms with E-state index in [4.69, 9.17) is 0 Å². The van der Waals surface area contributed by atoms with Crippen LogP contribution in [0.2, 0.25) is 0 Å². The Hall–Kier alpha value is -0.960. The van der Waals surface area contributed by atoms with Gasteiger partial charge in [-0.2, -0.15) is 0 Å². The molecule has 1 aromatic rings. The second kappa shape index (κ2) is 4.13. The van der Waals surface area contributed by atoms with Gasteiger partial charge in [0.05, 0.1) is 0 Å². The van der Waals surface area contributed by atoms with Gasteiger partial charge in [0.1, 0.15) is 0 Å². The molecule has 3 heteroatoms. The summed E-state index contributed by atoms with van der Waals surface area (Å²) < 4.78 is 25.9. The van der Waals surface area contributed by atoms with Crippen LogP contribution in [-0.2, 0) is 5.54 Å². The summed E-state index contributed by atoms with van der Waals surface area (Å²) in [5.74, 6) is 0. The van der Waals surface area contributed by atoms with Gasteiger partial charge in [0.25, 0.3) is 6.43 Å². The maximum atomic E-state index is 13.0. The average Bonchev–Trinajstić information content (AvgIpc) is 2.66. The predicted molar refractivity (Wildman–Crippen MR) is 60.7 cm³/mol. The molecule has 0 radical (unpaired) electrons. The zero-order valence-corrected chi connectivity index (χ0v) is 9.69. The van der Waals surface area contributed by atoms with E-state index in [0.717, 1.165) is 30.5 Å². The lowest BCUT2D eigenvalue weighted by atomic mass is 9.86. The van der Waals surface area contributed by atoms with Crippen molar-refractivity contribution in [2.75, 3.05) is 6.54 Å². The van der Waals surface area contributed by atoms with Crippen LogP contribution in [0, 0.1) is 6.92 Å². The van der Waals surface area contributed by atoms with Gasteiger partial charge in [0.2, 0.25) is 0 Å². The van der Waals surface area contributed by atoms with Crippen LogP contribution in [-0.4, -0.2) is 6.54 Å². The summed E-state index contributed by atoms with van der Waals surface area (Å²) in [6.45, 7) is 4.87. The number of halogens is 2. The molecule has 1 heterocycles. The van der Waals surface area contributed by atoms with E-state index in [9.17, 15) is 8.78 Å². The monoisotopic (exact) mass is 225 g/mol. The number of nitrogens with one attached hydrogen (secondary N) is 1. The molecule has 1 N–H and O–H groups in total. The molecule has 1 aromatic carbocycles. The van der Waals surface area contributed by atoms with Crippen molar-refractivity contribution < 1.29 is 8.78 Å². The van der Waals surface area contributed by atoms with Crippen LogP contribution in [0.4, 0.5) is 8.78 Å². The first-order valence-corrected chi connectivity index (χ1v) is 5.67. The Bertz CT molecular complexity index is 382. The van der Waals surface area contributed by atoms with Gasteiger partial charge >= 0.3 is 0 Å². The molecule has 1 unspecified atom stereocenters. The smallest absolute Gasteiger partial charge is 0.264 e. The summed E-state index contributed by atoms with van der Waals surface area (Å²) >= 11 is 0. The van der Waals surface area contributed by atoms with Gasteiger partial charge in [-0.3, -0.25) is 0 Å². The minimum Gasteiger partial charge on any atom is -0.308 e. The van der Waals surface area contributed by atoms with Crippen LogP contribution in [0.5, 0.6) is 0 Å². The van der Waals surface area contributed by atoms with Crippen molar-refractivity contribution in [1.29, 1.82) is 0 Å². The summed E-state index contributed by atoms with van der Waals surface area (Å²) in [6, 6.07) is 5.20. The third kappa shape index (κ3) is 1.96. The van der Waals surface area contributed by atoms with Gasteiger partial charge in [-0.1, -0.05) is 23.8 Å². The van der Waals surface area contributed by atoms with Gasteiger partial charge in [0, 0.05) is 11.1 Å². The average molecular weight is 225 g/mol. The number of hydrogen-bond acceptors (Lipinski definition) is 1. The maximum absolute atomic E-state index is 13.0. The summed E-state index contributed by atoms with van der Waals surface area (Å²) in [5.41, 5.74) is 1.69. The Labute approximate surface area is 94.9 Å². The lowest BCUT2D eigenvalue weighted by Crippen LogP contribution is -2.34. The molecule has 1 nitrogen and oxygen atoms in total. The van der Waals surface area contributed by atoms with E-state index in [1.165, 1.54) is 0 Å². The van der Waals surface area contributed by atoms with E-state index in [-0.39, 0.29) is 11.1 Å². The molecule has 1 saturated heterocycles. The largest absolute Gasteiger partial charge is 0.308 e. The molecule has 0 saturated carbocycles. The predicted octanol–water partition coefficient (Wildman–Crippen LogP) is 3.53. The van der Waals surface area contributed by atoms with Gasteiger partial charge < -0.3 is 5.32 Å². The molecule has 1 aliphatic rings. The molecule has 0 aliphatic carbocycles. The van der Waals surface area contributed by atoms with Crippen LogP contribution in [0.15, 0.2) is 18.2 Å². The molecule has 88 valence electrons. The molecular weight excluding hydrogens is 208 g/mol. The number of hydrogen-bond donors (Lipinski definition) is 1. The number of benzene rings is 1. The topological polar surface area (TPSA) is 12.0 Å². The van der Waals surface area contributed by atoms with Crippen LogP contribution >= 0.6 is 0 Å². The van der Waals surface area contributed by atoms with E-state index in [1.54, 1.807) is 12.1 Å². The van der Waals surface area contributed by atoms with Crippen LogP contribution in [0.25, 0.3) is 0 Å². The summed E-state index contributed by atoms with van der Waals surface area (Å²) in [6.07, 6.45) is -0.418. The normalized spacial score (nSPS) is 25.3. The highest BCUT2D eigenvalue weighted by Crippen LogP contribution is 2.36. The quantitative estimate of drug-likeness (QED) is 0.811. The van der Waals surface area contributed by atoms with E-state index in [0.29, 0.717) is 0 Å². The van der Waals surface area contributed by atoms with E-state index < -0.39 is 6.43 Å². The summed E-state index contributed by atoms with van der Waals surface area (Å²) in [7, 11) is 0. The fraction of sp³-hybridized carbons (Fsp3) is 0.538. The van der Waals surface area contributed by atoms with Gasteiger partial charge in [-0.05, 0) is 38.8 Å². The third-order valence-electron chi connectivity index (χ3n) is 3.41. The van der Waals surface area contributed by atoms with E-state index >= 15 is 0 Å². The molecule has 1 fully saturated rings. The second-order valence-electron chi connectivity index (χ2n) is 4.75. The zero-order chi connectivity index (χ0) is 11.8. The first kappa shape index (κ1) is 11.5. The molecule has 0 spiro atoms. The third-order valence-corrected chi connectivity index (χ3v) is 3.41. The van der Waals surface area contributed by atoms with Crippen molar-refractivity contribution in [2.24, 2.45) is 0 Å². The number of rotatable bonds is 2. The van der Waals surface area contributed by atoms with Crippen molar-refractivity contribution in [2.45, 2.75) is 38.7 Å². The Balaban J connectivity index is 2.48. The molecule has 0 amide bonds. The van der Waals surface area contributed by atoms with Crippen LogP contribution in [0.3, 0.4) is 0 Å². The van der Waals surface area contributed by atoms with Gasteiger partial charge in [-0.25, -0.2) is 8.78 Å². The summed E-state index contributed by atoms with van der Waals surface area (Å²) in [5, 5.41) is 3.34. The first-order valence-electron chi connectivity index (χ1n) is 5.67. The molecule has 0 aromatic heterocycles. The first-order chi connectivity index (χ1) is 7.53. The van der Waals surface area contributed by atoms with Crippen molar-refractivity contribution in [3.8, 4) is 0 Å². The Morgan fingerprint density at radius 2 is 2.12 bits per heavy atom. The second-order valence-corrected chi connectivity index (χ2v) is 4.75. The molecular formula is C13H17F2N. The van der Waals surface area contributed by atoms with E-state index in [1.807, 2.05) is 19.9 Å². The molecule has 2 rings (SSSR count). The lowest BCUT2D eigenvalue weighted by Gasteiger charge is -2.28. The lowest BCUT2D eigenvalue weighted by molar-refractivity contribution is 0.148. The number of aryl methyl sites for hydroxylation is 1. The van der Waals surface area contributed by atoms with Crippen molar-refractivity contribution >= 4 is 0 Å². The molecule has 1 atom stereocenters. The van der Waals surface area contributed by atoms with Gasteiger partial charge in [0.15, 0.2) is 0 Å². The highest BCUT2D eigenvalue weighted by Gasteiger charge is 2.33. The fourth-order valence-electron chi connectivity index (χ4n) is 2.46. The van der Waals surface area contributed by atoms with Crippen LogP contribution < -0.4 is 5.32 Å². The zero-order valence-electron chi connectivity index (χ0n) is 9.69. The van der Waals surface area contributed by atoms with Crippen molar-refractivity contribution in [1.82, 2.24) is 5.32 Å². The highest BCUT2D eigenvalue weighted by molar-refractivity contribution is 5.38. The fourth-order valence-corrected chi connectivity index (χ4v) is 2.46. The van der Waals surface area contributed by atoms with Crippen molar-refractivity contribution in [3.63, 3.8) is 0 Å². The minimum absolute atomic E-state index is 0.169. The SMILES string of the molecule is Cc1ccc(C(F)F)c(C2(C)CCCN2)c1. The highest BCUT2D eigenvalue weighted by atomic mass is 19.3. The molecule has 1 aliphatic heterocycles. The van der Waals surface area contributed by atoms with Crippen LogP contribution in [0.1, 0.15) is 42.9 Å². The number of alkyl halides is 2. The molecule has 0 bridgehead atoms. The van der Waals surface area contributed by atoms with E-state index in [2.05, 4.69) is 5.32 Å². The Morgan fingerprint density at radius 1 is 1.38 bits per heavy atom. The summed E-state index contributed by atoms with van der Waals surface area (Å²) in [4.78, 5) is 0. The molecule has 16 heavy (non-hydrogen) atoms. The Kier molecular flexibility index (Phi) is 2.98. The Morgan fingerprint density at radius 3 is 2.69 bits per heavy atom. The minimum atomic E-state index is -2.39. The van der Waals surface area contributed by atoms with Crippen molar-refractivity contribution in [3.05, 3.63) is 34.9 Å². The van der Waals surface area contributed by atoms with Gasteiger partial charge in [-0.15, -0.1) is 0 Å². The standard InChI is InChI=1S/C13H17F2N/c1-9-4-5-10(12(14)15)11(8-9)13(2)6-3-7-16-13/h4-5,8,12,16H,3,6-7H2,1-2H3. The maximum Gasteiger partial charge on any atom is 0.264 e.